The summed E-state index contributed by atoms with van der Waals surface area (Å²) in [6, 6.07) is 9.38. The lowest BCUT2D eigenvalue weighted by Gasteiger charge is -2.29. The highest BCUT2D eigenvalue weighted by atomic mass is 16.6. The highest BCUT2D eigenvalue weighted by Gasteiger charge is 2.70. The van der Waals surface area contributed by atoms with Gasteiger partial charge in [0.05, 0.1) is 23.9 Å². The highest BCUT2D eigenvalue weighted by molar-refractivity contribution is 6.26. The molecule has 4 atom stereocenters. The number of amides is 4. The quantitative estimate of drug-likeness (QED) is 0.323. The summed E-state index contributed by atoms with van der Waals surface area (Å²) < 4.78 is 5.26. The predicted molar refractivity (Wildman–Crippen MR) is 117 cm³/mol. The number of carbonyl (C=O) groups is 4. The number of non-ortho nitro benzene ring substituents is 1. The van der Waals surface area contributed by atoms with Crippen molar-refractivity contribution in [2.24, 2.45) is 17.6 Å². The van der Waals surface area contributed by atoms with Crippen LogP contribution >= 0.6 is 0 Å². The number of fused-ring (bicyclic) bond motifs is 4. The Bertz CT molecular complexity index is 1290. The molecule has 0 bridgehead atoms. The van der Waals surface area contributed by atoms with E-state index in [1.165, 1.54) is 19.2 Å². The minimum Gasteiger partial charge on any atom is -0.495 e. The number of rotatable bonds is 5. The summed E-state index contributed by atoms with van der Waals surface area (Å²) in [5.74, 6) is -4.95. The van der Waals surface area contributed by atoms with Gasteiger partial charge in [-0.1, -0.05) is 18.2 Å². The number of hydrogen-bond donors (Lipinski definition) is 3. The maximum absolute atomic E-state index is 13.8. The highest BCUT2D eigenvalue weighted by Crippen LogP contribution is 2.54. The summed E-state index contributed by atoms with van der Waals surface area (Å²) in [4.78, 5) is 64.1. The van der Waals surface area contributed by atoms with Crippen molar-refractivity contribution in [1.29, 1.82) is 0 Å². The standard InChI is InChI=1S/C22H19N5O7/c1-34-15-7-6-10(27(32)33)8-14(15)26-19(29)17-13(9-16(23)28)25-22(18(17)20(26)30)11-4-2-3-5-12(11)24-21(22)31/h2-8,13,17-18,25H,9H2,1H3,(H2,23,28)(H,24,31)/t13-,17+,18-,22-/m0/s1. The summed E-state index contributed by atoms with van der Waals surface area (Å²) >= 11 is 0. The van der Waals surface area contributed by atoms with Crippen LogP contribution in [0, 0.1) is 22.0 Å². The molecule has 2 aromatic carbocycles. The van der Waals surface area contributed by atoms with Crippen LogP contribution in [0.1, 0.15) is 12.0 Å². The van der Waals surface area contributed by atoms with E-state index in [1.807, 2.05) is 0 Å². The van der Waals surface area contributed by atoms with Crippen LogP contribution in [-0.2, 0) is 24.7 Å². The fraction of sp³-hybridized carbons (Fsp3) is 0.273. The van der Waals surface area contributed by atoms with E-state index in [1.54, 1.807) is 24.3 Å². The number of hydrogen-bond acceptors (Lipinski definition) is 8. The molecule has 0 aliphatic carbocycles. The van der Waals surface area contributed by atoms with Crippen molar-refractivity contribution in [3.05, 3.63) is 58.1 Å². The lowest BCUT2D eigenvalue weighted by atomic mass is 9.76. The third kappa shape index (κ3) is 2.75. The number of nitro groups is 1. The average molecular weight is 465 g/mol. The molecule has 3 aliphatic rings. The summed E-state index contributed by atoms with van der Waals surface area (Å²) in [6.45, 7) is 0. The van der Waals surface area contributed by atoms with Crippen LogP contribution in [0.2, 0.25) is 0 Å². The SMILES string of the molecule is COc1ccc([N+](=O)[O-])cc1N1C(=O)[C@@H]2[C@H](CC(N)=O)N[C@]3(C(=O)Nc4ccccc43)[C@@H]2C1=O. The number of primary amides is 1. The maximum Gasteiger partial charge on any atom is 0.271 e. The van der Waals surface area contributed by atoms with Crippen LogP contribution < -0.4 is 26.0 Å². The third-order valence-electron chi connectivity index (χ3n) is 6.66. The van der Waals surface area contributed by atoms with E-state index >= 15 is 0 Å². The van der Waals surface area contributed by atoms with E-state index < -0.39 is 52.0 Å². The topological polar surface area (TPSA) is 174 Å². The minimum absolute atomic E-state index is 0.0667. The molecule has 0 saturated carbocycles. The van der Waals surface area contributed by atoms with Gasteiger partial charge in [-0.25, -0.2) is 4.90 Å². The van der Waals surface area contributed by atoms with E-state index in [-0.39, 0.29) is 23.5 Å². The van der Waals surface area contributed by atoms with Crippen molar-refractivity contribution in [3.63, 3.8) is 0 Å². The number of nitrogens with one attached hydrogen (secondary N) is 2. The fourth-order valence-corrected chi connectivity index (χ4v) is 5.35. The van der Waals surface area contributed by atoms with Crippen molar-refractivity contribution in [2.45, 2.75) is 18.0 Å². The van der Waals surface area contributed by atoms with Crippen LogP contribution in [0.25, 0.3) is 0 Å². The van der Waals surface area contributed by atoms with Gasteiger partial charge in [-0.15, -0.1) is 0 Å². The van der Waals surface area contributed by atoms with Crippen LogP contribution in [0.15, 0.2) is 42.5 Å². The molecular formula is C22H19N5O7. The van der Waals surface area contributed by atoms with E-state index in [9.17, 15) is 29.3 Å². The number of nitro benzene ring substituents is 1. The summed E-state index contributed by atoms with van der Waals surface area (Å²) in [5.41, 5.74) is 4.28. The minimum atomic E-state index is -1.61. The zero-order chi connectivity index (χ0) is 24.4. The molecule has 2 fully saturated rings. The van der Waals surface area contributed by atoms with Gasteiger partial charge in [0.25, 0.3) is 5.69 Å². The largest absolute Gasteiger partial charge is 0.495 e. The number of imide groups is 1. The van der Waals surface area contributed by atoms with Crippen LogP contribution in [0.4, 0.5) is 17.1 Å². The number of para-hydroxylation sites is 1. The summed E-state index contributed by atoms with van der Waals surface area (Å²) in [7, 11) is 1.30. The number of carbonyl (C=O) groups excluding carboxylic acids is 4. The van der Waals surface area contributed by atoms with Gasteiger partial charge in [0.15, 0.2) is 0 Å². The zero-order valence-corrected chi connectivity index (χ0v) is 17.8. The molecule has 4 N–H and O–H groups in total. The molecule has 4 amide bonds. The Labute approximate surface area is 192 Å². The van der Waals surface area contributed by atoms with Crippen molar-refractivity contribution in [3.8, 4) is 5.75 Å². The van der Waals surface area contributed by atoms with Crippen molar-refractivity contribution in [1.82, 2.24) is 5.32 Å². The molecule has 34 heavy (non-hydrogen) atoms. The molecule has 5 rings (SSSR count). The Morgan fingerprint density at radius 2 is 1.94 bits per heavy atom. The lowest BCUT2D eigenvalue weighted by molar-refractivity contribution is -0.384. The van der Waals surface area contributed by atoms with Gasteiger partial charge in [0, 0.05) is 35.8 Å². The molecule has 12 nitrogen and oxygen atoms in total. The van der Waals surface area contributed by atoms with Crippen molar-refractivity contribution < 1.29 is 28.8 Å². The molecule has 2 saturated heterocycles. The Kier molecular flexibility index (Phi) is 4.65. The Balaban J connectivity index is 1.69. The molecule has 12 heteroatoms. The van der Waals surface area contributed by atoms with Gasteiger partial charge in [-0.2, -0.15) is 0 Å². The molecular weight excluding hydrogens is 446 g/mol. The molecule has 0 unspecified atom stereocenters. The third-order valence-corrected chi connectivity index (χ3v) is 6.66. The second-order valence-electron chi connectivity index (χ2n) is 8.36. The zero-order valence-electron chi connectivity index (χ0n) is 17.8. The van der Waals surface area contributed by atoms with Gasteiger partial charge in [-0.05, 0) is 12.1 Å². The van der Waals surface area contributed by atoms with E-state index in [0.717, 1.165) is 11.0 Å². The average Bonchev–Trinajstić information content (AvgIpc) is 3.37. The molecule has 1 spiro atoms. The first kappa shape index (κ1) is 21.5. The molecule has 3 aliphatic heterocycles. The molecule has 0 radical (unpaired) electrons. The summed E-state index contributed by atoms with van der Waals surface area (Å²) in [5, 5.41) is 17.2. The number of anilines is 2. The first-order valence-electron chi connectivity index (χ1n) is 10.4. The van der Waals surface area contributed by atoms with Crippen molar-refractivity contribution in [2.75, 3.05) is 17.3 Å². The Hall–Kier alpha value is -4.32. The van der Waals surface area contributed by atoms with Gasteiger partial charge >= 0.3 is 0 Å². The molecule has 3 heterocycles. The normalized spacial score (nSPS) is 27.0. The molecule has 0 aromatic heterocycles. The number of nitrogens with two attached hydrogens (primary N) is 1. The van der Waals surface area contributed by atoms with Crippen LogP contribution in [-0.4, -0.2) is 41.7 Å². The number of benzene rings is 2. The van der Waals surface area contributed by atoms with Gasteiger partial charge in [0.2, 0.25) is 23.6 Å². The van der Waals surface area contributed by atoms with Gasteiger partial charge in [-0.3, -0.25) is 34.6 Å². The Morgan fingerprint density at radius 1 is 1.21 bits per heavy atom. The van der Waals surface area contributed by atoms with Gasteiger partial charge < -0.3 is 15.8 Å². The molecule has 174 valence electrons. The van der Waals surface area contributed by atoms with E-state index in [0.29, 0.717) is 11.3 Å². The maximum atomic E-state index is 13.8. The fourth-order valence-electron chi connectivity index (χ4n) is 5.35. The smallest absolute Gasteiger partial charge is 0.271 e. The number of nitrogens with zero attached hydrogens (tertiary/aromatic N) is 2. The van der Waals surface area contributed by atoms with E-state index in [2.05, 4.69) is 10.6 Å². The number of methoxy groups -OCH3 is 1. The predicted octanol–water partition coefficient (Wildman–Crippen LogP) is 0.404. The molecule has 2 aromatic rings. The second-order valence-corrected chi connectivity index (χ2v) is 8.36. The lowest BCUT2D eigenvalue weighted by Crippen LogP contribution is -2.53. The first-order valence-corrected chi connectivity index (χ1v) is 10.4. The van der Waals surface area contributed by atoms with E-state index in [4.69, 9.17) is 10.5 Å². The van der Waals surface area contributed by atoms with Gasteiger partial charge in [0.1, 0.15) is 17.0 Å². The summed E-state index contributed by atoms with van der Waals surface area (Å²) in [6.07, 6.45) is -0.294. The van der Waals surface area contributed by atoms with Crippen molar-refractivity contribution >= 4 is 40.7 Å². The first-order chi connectivity index (χ1) is 16.2. The Morgan fingerprint density at radius 3 is 2.62 bits per heavy atom. The second kappa shape index (κ2) is 7.35. The monoisotopic (exact) mass is 465 g/mol. The van der Waals surface area contributed by atoms with Crippen LogP contribution in [0.5, 0.6) is 5.75 Å². The van der Waals surface area contributed by atoms with Crippen LogP contribution in [0.3, 0.4) is 0 Å². The number of ether oxygens (including phenoxy) is 1.